The highest BCUT2D eigenvalue weighted by Crippen LogP contribution is 2.24. The Morgan fingerprint density at radius 2 is 1.65 bits per heavy atom. The summed E-state index contributed by atoms with van der Waals surface area (Å²) in [6.45, 7) is 17.8. The van der Waals surface area contributed by atoms with Crippen molar-refractivity contribution in [1.29, 1.82) is 0 Å². The lowest BCUT2D eigenvalue weighted by molar-refractivity contribution is 0.424. The third kappa shape index (κ3) is 5.54. The van der Waals surface area contributed by atoms with Gasteiger partial charge in [-0.05, 0) is 52.2 Å². The zero-order chi connectivity index (χ0) is 15.3. The Kier molecular flexibility index (Phi) is 6.07. The van der Waals surface area contributed by atoms with E-state index in [0.717, 1.165) is 13.1 Å². The van der Waals surface area contributed by atoms with Crippen molar-refractivity contribution < 1.29 is 0 Å². The Morgan fingerprint density at radius 1 is 1.05 bits per heavy atom. The second kappa shape index (κ2) is 7.12. The number of hydrogen-bond donors (Lipinski definition) is 1. The Hall–Kier alpha value is -1.02. The Morgan fingerprint density at radius 3 is 2.15 bits per heavy atom. The van der Waals surface area contributed by atoms with Crippen LogP contribution >= 0.6 is 0 Å². The van der Waals surface area contributed by atoms with Crippen molar-refractivity contribution in [3.05, 3.63) is 29.8 Å². The SMILES string of the molecule is CC(C)CN(c1ccccc1CNC(C)(C)C)C(C)C. The van der Waals surface area contributed by atoms with Gasteiger partial charge < -0.3 is 10.2 Å². The van der Waals surface area contributed by atoms with E-state index in [4.69, 9.17) is 0 Å². The number of nitrogens with one attached hydrogen (secondary N) is 1. The third-order valence-electron chi connectivity index (χ3n) is 3.30. The lowest BCUT2D eigenvalue weighted by Crippen LogP contribution is -2.37. The summed E-state index contributed by atoms with van der Waals surface area (Å²) < 4.78 is 0. The monoisotopic (exact) mass is 276 g/mol. The molecule has 0 spiro atoms. The number of para-hydroxylation sites is 1. The van der Waals surface area contributed by atoms with Crippen LogP contribution in [0.25, 0.3) is 0 Å². The van der Waals surface area contributed by atoms with Gasteiger partial charge in [0.05, 0.1) is 0 Å². The highest BCUT2D eigenvalue weighted by Gasteiger charge is 2.16. The lowest BCUT2D eigenvalue weighted by Gasteiger charge is -2.33. The van der Waals surface area contributed by atoms with E-state index in [9.17, 15) is 0 Å². The van der Waals surface area contributed by atoms with Gasteiger partial charge in [0.15, 0.2) is 0 Å². The van der Waals surface area contributed by atoms with Crippen LogP contribution in [0.3, 0.4) is 0 Å². The fourth-order valence-corrected chi connectivity index (χ4v) is 2.28. The second-order valence-corrected chi connectivity index (χ2v) is 7.37. The van der Waals surface area contributed by atoms with E-state index in [1.807, 2.05) is 0 Å². The molecule has 0 aliphatic carbocycles. The Balaban J connectivity index is 2.97. The largest absolute Gasteiger partial charge is 0.369 e. The first-order valence-corrected chi connectivity index (χ1v) is 7.80. The van der Waals surface area contributed by atoms with Crippen molar-refractivity contribution in [1.82, 2.24) is 5.32 Å². The van der Waals surface area contributed by atoms with Crippen LogP contribution in [0.2, 0.25) is 0 Å². The molecule has 0 atom stereocenters. The van der Waals surface area contributed by atoms with Gasteiger partial charge in [-0.1, -0.05) is 32.0 Å². The maximum absolute atomic E-state index is 3.60. The van der Waals surface area contributed by atoms with Crippen molar-refractivity contribution in [2.75, 3.05) is 11.4 Å². The molecule has 1 rings (SSSR count). The molecule has 0 amide bonds. The first-order chi connectivity index (χ1) is 9.20. The summed E-state index contributed by atoms with van der Waals surface area (Å²) in [5.74, 6) is 0.668. The number of rotatable bonds is 6. The molecule has 0 aromatic heterocycles. The average Bonchev–Trinajstić information content (AvgIpc) is 2.32. The molecule has 0 unspecified atom stereocenters. The van der Waals surface area contributed by atoms with E-state index in [0.29, 0.717) is 12.0 Å². The fraction of sp³-hybridized carbons (Fsp3) is 0.667. The minimum atomic E-state index is 0.147. The van der Waals surface area contributed by atoms with E-state index in [-0.39, 0.29) is 5.54 Å². The molecule has 0 aliphatic heterocycles. The molecule has 1 aromatic carbocycles. The van der Waals surface area contributed by atoms with Crippen LogP contribution in [0.5, 0.6) is 0 Å². The molecule has 2 heteroatoms. The van der Waals surface area contributed by atoms with Crippen molar-refractivity contribution in [3.63, 3.8) is 0 Å². The van der Waals surface area contributed by atoms with Crippen molar-refractivity contribution in [2.45, 2.75) is 66.6 Å². The van der Waals surface area contributed by atoms with Crippen molar-refractivity contribution >= 4 is 5.69 Å². The second-order valence-electron chi connectivity index (χ2n) is 7.37. The van der Waals surface area contributed by atoms with Crippen LogP contribution in [0.4, 0.5) is 5.69 Å². The Labute approximate surface area is 125 Å². The molecule has 0 saturated heterocycles. The average molecular weight is 276 g/mol. The Bertz CT molecular complexity index is 402. The van der Waals surface area contributed by atoms with Gasteiger partial charge in [-0.15, -0.1) is 0 Å². The molecular weight excluding hydrogens is 244 g/mol. The number of nitrogens with zero attached hydrogens (tertiary/aromatic N) is 1. The molecule has 2 nitrogen and oxygen atoms in total. The standard InChI is InChI=1S/C18H32N2/c1-14(2)13-20(15(3)4)17-11-9-8-10-16(17)12-19-18(5,6)7/h8-11,14-15,19H,12-13H2,1-7H3. The highest BCUT2D eigenvalue weighted by molar-refractivity contribution is 5.54. The first kappa shape index (κ1) is 17.0. The van der Waals surface area contributed by atoms with Gasteiger partial charge in [0.2, 0.25) is 0 Å². The van der Waals surface area contributed by atoms with E-state index >= 15 is 0 Å². The lowest BCUT2D eigenvalue weighted by atomic mass is 10.1. The minimum Gasteiger partial charge on any atom is -0.369 e. The number of benzene rings is 1. The van der Waals surface area contributed by atoms with E-state index < -0.39 is 0 Å². The van der Waals surface area contributed by atoms with Crippen LogP contribution < -0.4 is 10.2 Å². The van der Waals surface area contributed by atoms with Gasteiger partial charge in [0.1, 0.15) is 0 Å². The summed E-state index contributed by atoms with van der Waals surface area (Å²) in [4.78, 5) is 2.52. The zero-order valence-corrected chi connectivity index (χ0v) is 14.3. The quantitative estimate of drug-likeness (QED) is 0.826. The normalized spacial score (nSPS) is 12.2. The first-order valence-electron chi connectivity index (χ1n) is 7.80. The van der Waals surface area contributed by atoms with Crippen LogP contribution in [0.15, 0.2) is 24.3 Å². The summed E-state index contributed by atoms with van der Waals surface area (Å²) in [6, 6.07) is 9.29. The molecule has 0 heterocycles. The van der Waals surface area contributed by atoms with Gasteiger partial charge in [0.25, 0.3) is 0 Å². The summed E-state index contributed by atoms with van der Waals surface area (Å²) in [5, 5.41) is 3.60. The summed E-state index contributed by atoms with van der Waals surface area (Å²) in [6.07, 6.45) is 0. The molecule has 20 heavy (non-hydrogen) atoms. The maximum Gasteiger partial charge on any atom is 0.0414 e. The predicted octanol–water partition coefficient (Wildman–Crippen LogP) is 4.45. The van der Waals surface area contributed by atoms with Gasteiger partial charge in [0, 0.05) is 30.4 Å². The third-order valence-corrected chi connectivity index (χ3v) is 3.30. The van der Waals surface area contributed by atoms with Crippen LogP contribution in [0, 0.1) is 5.92 Å². The van der Waals surface area contributed by atoms with E-state index in [1.54, 1.807) is 0 Å². The van der Waals surface area contributed by atoms with Crippen LogP contribution in [0.1, 0.15) is 54.0 Å². The topological polar surface area (TPSA) is 15.3 Å². The van der Waals surface area contributed by atoms with Gasteiger partial charge in [-0.3, -0.25) is 0 Å². The van der Waals surface area contributed by atoms with E-state index in [1.165, 1.54) is 11.3 Å². The van der Waals surface area contributed by atoms with Gasteiger partial charge >= 0.3 is 0 Å². The maximum atomic E-state index is 3.60. The minimum absolute atomic E-state index is 0.147. The van der Waals surface area contributed by atoms with E-state index in [2.05, 4.69) is 82.9 Å². The summed E-state index contributed by atoms with van der Waals surface area (Å²) in [5.41, 5.74) is 2.90. The molecule has 0 saturated carbocycles. The molecule has 0 radical (unpaired) electrons. The number of anilines is 1. The molecule has 0 fully saturated rings. The highest BCUT2D eigenvalue weighted by atomic mass is 15.2. The van der Waals surface area contributed by atoms with Crippen molar-refractivity contribution in [2.24, 2.45) is 5.92 Å². The van der Waals surface area contributed by atoms with Crippen molar-refractivity contribution in [3.8, 4) is 0 Å². The molecule has 114 valence electrons. The number of hydrogen-bond acceptors (Lipinski definition) is 2. The zero-order valence-electron chi connectivity index (χ0n) is 14.3. The molecule has 1 N–H and O–H groups in total. The fourth-order valence-electron chi connectivity index (χ4n) is 2.28. The van der Waals surface area contributed by atoms with Crippen LogP contribution in [-0.2, 0) is 6.54 Å². The smallest absolute Gasteiger partial charge is 0.0414 e. The predicted molar refractivity (Wildman–Crippen MR) is 90.4 cm³/mol. The molecular formula is C18H32N2. The molecule has 1 aromatic rings. The molecule has 0 aliphatic rings. The molecule has 0 bridgehead atoms. The summed E-state index contributed by atoms with van der Waals surface area (Å²) >= 11 is 0. The van der Waals surface area contributed by atoms with Gasteiger partial charge in [-0.2, -0.15) is 0 Å². The van der Waals surface area contributed by atoms with Gasteiger partial charge in [-0.25, -0.2) is 0 Å². The summed E-state index contributed by atoms with van der Waals surface area (Å²) in [7, 11) is 0. The van der Waals surface area contributed by atoms with Crippen LogP contribution in [-0.4, -0.2) is 18.1 Å².